The first-order valence-electron chi connectivity index (χ1n) is 7.43. The van der Waals surface area contributed by atoms with Crippen LogP contribution >= 0.6 is 0 Å². The van der Waals surface area contributed by atoms with Gasteiger partial charge in [-0.15, -0.1) is 0 Å². The average Bonchev–Trinajstić information content (AvgIpc) is 2.26. The molecular formula is C16H26FNO4. The van der Waals surface area contributed by atoms with Crippen LogP contribution in [0.3, 0.4) is 0 Å². The number of likely N-dealkylation sites (tertiary alicyclic amines) is 1. The highest BCUT2D eigenvalue weighted by atomic mass is 19.1. The summed E-state index contributed by atoms with van der Waals surface area (Å²) >= 11 is 0. The first-order chi connectivity index (χ1) is 9.87. The normalized spacial score (nSPS) is 21.7. The second kappa shape index (κ2) is 6.67. The molecule has 0 bridgehead atoms. The molecule has 0 aliphatic carbocycles. The van der Waals surface area contributed by atoms with E-state index in [0.29, 0.717) is 18.5 Å². The molecule has 5 nitrogen and oxygen atoms in total. The summed E-state index contributed by atoms with van der Waals surface area (Å²) in [5, 5.41) is 0. The van der Waals surface area contributed by atoms with Crippen LogP contribution in [-0.2, 0) is 14.3 Å². The molecule has 0 saturated carbocycles. The van der Waals surface area contributed by atoms with Gasteiger partial charge in [-0.3, -0.25) is 0 Å². The standard InChI is InChI=1S/C16H26FNO4/c1-15(2,3)21-13(19)9-11-7-8-18(10-12(11)17)14(20)22-16(4,5)6/h9,12H,7-8,10H2,1-6H3. The van der Waals surface area contributed by atoms with Crippen molar-refractivity contribution in [3.05, 3.63) is 11.6 Å². The van der Waals surface area contributed by atoms with Crippen LogP contribution in [-0.4, -0.2) is 47.4 Å². The largest absolute Gasteiger partial charge is 0.457 e. The molecular weight excluding hydrogens is 289 g/mol. The minimum atomic E-state index is -1.38. The first kappa shape index (κ1) is 18.5. The first-order valence-corrected chi connectivity index (χ1v) is 7.43. The average molecular weight is 315 g/mol. The van der Waals surface area contributed by atoms with Gasteiger partial charge in [0.25, 0.3) is 0 Å². The lowest BCUT2D eigenvalue weighted by Crippen LogP contribution is -2.44. The van der Waals surface area contributed by atoms with Crippen molar-refractivity contribution in [2.75, 3.05) is 13.1 Å². The van der Waals surface area contributed by atoms with Gasteiger partial charge in [0.1, 0.15) is 17.4 Å². The summed E-state index contributed by atoms with van der Waals surface area (Å²) in [5.41, 5.74) is -0.874. The second-order valence-electron chi connectivity index (χ2n) is 7.40. The quantitative estimate of drug-likeness (QED) is 0.550. The summed E-state index contributed by atoms with van der Waals surface area (Å²) in [5.74, 6) is -0.559. The fraction of sp³-hybridized carbons (Fsp3) is 0.750. The minimum Gasteiger partial charge on any atom is -0.457 e. The van der Waals surface area contributed by atoms with E-state index >= 15 is 0 Å². The van der Waals surface area contributed by atoms with Crippen LogP contribution in [0.4, 0.5) is 9.18 Å². The molecule has 126 valence electrons. The summed E-state index contributed by atoms with van der Waals surface area (Å²) < 4.78 is 24.5. The molecule has 1 atom stereocenters. The Kier molecular flexibility index (Phi) is 5.59. The number of hydrogen-bond acceptors (Lipinski definition) is 4. The fourth-order valence-electron chi connectivity index (χ4n) is 1.96. The highest BCUT2D eigenvalue weighted by Gasteiger charge is 2.30. The zero-order valence-corrected chi connectivity index (χ0v) is 14.2. The second-order valence-corrected chi connectivity index (χ2v) is 7.40. The Hall–Kier alpha value is -1.59. The third-order valence-electron chi connectivity index (χ3n) is 2.82. The molecule has 1 saturated heterocycles. The topological polar surface area (TPSA) is 55.8 Å². The molecule has 22 heavy (non-hydrogen) atoms. The van der Waals surface area contributed by atoms with Crippen LogP contribution in [0.2, 0.25) is 0 Å². The van der Waals surface area contributed by atoms with E-state index in [4.69, 9.17) is 9.47 Å². The van der Waals surface area contributed by atoms with Crippen LogP contribution in [0.5, 0.6) is 0 Å². The van der Waals surface area contributed by atoms with Crippen molar-refractivity contribution in [2.24, 2.45) is 0 Å². The van der Waals surface area contributed by atoms with Gasteiger partial charge in [-0.2, -0.15) is 0 Å². The van der Waals surface area contributed by atoms with Gasteiger partial charge in [0, 0.05) is 12.6 Å². The van der Waals surface area contributed by atoms with Gasteiger partial charge in [0.15, 0.2) is 0 Å². The van der Waals surface area contributed by atoms with Gasteiger partial charge >= 0.3 is 12.1 Å². The Morgan fingerprint density at radius 1 is 1.14 bits per heavy atom. The number of carbonyl (C=O) groups excluding carboxylic acids is 2. The molecule has 0 aromatic heterocycles. The lowest BCUT2D eigenvalue weighted by Gasteiger charge is -2.32. The number of halogens is 1. The van der Waals surface area contributed by atoms with E-state index in [0.717, 1.165) is 0 Å². The van der Waals surface area contributed by atoms with E-state index in [1.54, 1.807) is 41.5 Å². The number of piperidine rings is 1. The third-order valence-corrected chi connectivity index (χ3v) is 2.82. The zero-order valence-electron chi connectivity index (χ0n) is 14.2. The molecule has 1 fully saturated rings. The molecule has 0 spiro atoms. The SMILES string of the molecule is CC(C)(C)OC(=O)C=C1CCN(C(=O)OC(C)(C)C)CC1F. The number of rotatable bonds is 1. The predicted molar refractivity (Wildman–Crippen MR) is 81.2 cm³/mol. The molecule has 6 heteroatoms. The lowest BCUT2D eigenvalue weighted by molar-refractivity contribution is -0.148. The Morgan fingerprint density at radius 2 is 1.68 bits per heavy atom. The maximum Gasteiger partial charge on any atom is 0.410 e. The van der Waals surface area contributed by atoms with Crippen LogP contribution in [0.15, 0.2) is 11.6 Å². The van der Waals surface area contributed by atoms with E-state index in [-0.39, 0.29) is 6.54 Å². The van der Waals surface area contributed by atoms with Gasteiger partial charge in [-0.05, 0) is 53.5 Å². The fourth-order valence-corrected chi connectivity index (χ4v) is 1.96. The number of esters is 1. The van der Waals surface area contributed by atoms with Crippen LogP contribution in [0.1, 0.15) is 48.0 Å². The predicted octanol–water partition coefficient (Wildman–Crippen LogP) is 3.23. The third kappa shape index (κ3) is 6.45. The van der Waals surface area contributed by atoms with E-state index in [2.05, 4.69) is 0 Å². The number of amides is 1. The molecule has 0 aromatic carbocycles. The van der Waals surface area contributed by atoms with Gasteiger partial charge in [-0.25, -0.2) is 14.0 Å². The van der Waals surface area contributed by atoms with E-state index in [1.807, 2.05) is 0 Å². The van der Waals surface area contributed by atoms with Gasteiger partial charge < -0.3 is 14.4 Å². The maximum absolute atomic E-state index is 14.2. The number of nitrogens with zero attached hydrogens (tertiary/aromatic N) is 1. The van der Waals surface area contributed by atoms with Gasteiger partial charge in [0.2, 0.25) is 0 Å². The molecule has 1 unspecified atom stereocenters. The van der Waals surface area contributed by atoms with Crippen molar-refractivity contribution >= 4 is 12.1 Å². The molecule has 0 N–H and O–H groups in total. The smallest absolute Gasteiger partial charge is 0.410 e. The molecule has 0 radical (unpaired) electrons. The molecule has 1 aliphatic heterocycles. The number of carbonyl (C=O) groups is 2. The minimum absolute atomic E-state index is 0.108. The molecule has 1 amide bonds. The number of hydrogen-bond donors (Lipinski definition) is 0. The van der Waals surface area contributed by atoms with Crippen molar-refractivity contribution in [3.8, 4) is 0 Å². The van der Waals surface area contributed by atoms with Crippen LogP contribution in [0, 0.1) is 0 Å². The molecule has 1 rings (SSSR count). The molecule has 1 aliphatic rings. The Balaban J connectivity index is 2.63. The monoisotopic (exact) mass is 315 g/mol. The Morgan fingerprint density at radius 3 is 2.14 bits per heavy atom. The molecule has 1 heterocycles. The summed E-state index contributed by atoms with van der Waals surface area (Å²) in [4.78, 5) is 24.9. The van der Waals surface area contributed by atoms with E-state index < -0.39 is 29.4 Å². The van der Waals surface area contributed by atoms with Crippen molar-refractivity contribution < 1.29 is 23.5 Å². The van der Waals surface area contributed by atoms with Crippen LogP contribution < -0.4 is 0 Å². The van der Waals surface area contributed by atoms with Crippen molar-refractivity contribution in [3.63, 3.8) is 0 Å². The summed E-state index contributed by atoms with van der Waals surface area (Å²) in [7, 11) is 0. The highest BCUT2D eigenvalue weighted by Crippen LogP contribution is 2.22. The van der Waals surface area contributed by atoms with E-state index in [9.17, 15) is 14.0 Å². The maximum atomic E-state index is 14.2. The lowest BCUT2D eigenvalue weighted by atomic mass is 10.0. The van der Waals surface area contributed by atoms with E-state index in [1.165, 1.54) is 11.0 Å². The summed E-state index contributed by atoms with van der Waals surface area (Å²) in [6.45, 7) is 10.7. The van der Waals surface area contributed by atoms with Crippen molar-refractivity contribution in [2.45, 2.75) is 65.3 Å². The number of alkyl halides is 1. The van der Waals surface area contributed by atoms with Crippen LogP contribution in [0.25, 0.3) is 0 Å². The summed E-state index contributed by atoms with van der Waals surface area (Å²) in [6.07, 6.45) is -0.428. The van der Waals surface area contributed by atoms with Gasteiger partial charge in [0.05, 0.1) is 6.54 Å². The van der Waals surface area contributed by atoms with Gasteiger partial charge in [-0.1, -0.05) is 0 Å². The Labute approximate surface area is 131 Å². The Bertz CT molecular complexity index is 460. The highest BCUT2D eigenvalue weighted by molar-refractivity contribution is 5.83. The number of ether oxygens (including phenoxy) is 2. The zero-order chi connectivity index (χ0) is 17.1. The summed E-state index contributed by atoms with van der Waals surface area (Å²) in [6, 6.07) is 0. The van der Waals surface area contributed by atoms with Crippen molar-refractivity contribution in [1.29, 1.82) is 0 Å². The van der Waals surface area contributed by atoms with Crippen molar-refractivity contribution in [1.82, 2.24) is 4.90 Å². The molecule has 0 aromatic rings.